The summed E-state index contributed by atoms with van der Waals surface area (Å²) in [4.78, 5) is 2.02. The van der Waals surface area contributed by atoms with Crippen molar-refractivity contribution in [2.24, 2.45) is 0 Å². The molecule has 5 heteroatoms. The van der Waals surface area contributed by atoms with Crippen molar-refractivity contribution in [1.82, 2.24) is 0 Å². The van der Waals surface area contributed by atoms with Crippen LogP contribution in [0.1, 0.15) is 33.4 Å². The summed E-state index contributed by atoms with van der Waals surface area (Å²) >= 11 is 0. The summed E-state index contributed by atoms with van der Waals surface area (Å²) in [6.07, 6.45) is 0. The van der Waals surface area contributed by atoms with E-state index >= 15 is 0 Å². The van der Waals surface area contributed by atoms with Gasteiger partial charge in [-0.3, -0.25) is 0 Å². The molecule has 0 spiro atoms. The molecule has 0 aromatic heterocycles. The number of aromatic hydroxyl groups is 3. The lowest BCUT2D eigenvalue weighted by molar-refractivity contribution is 0.457. The van der Waals surface area contributed by atoms with Gasteiger partial charge in [-0.15, -0.1) is 0 Å². The Labute approximate surface area is 206 Å². The van der Waals surface area contributed by atoms with Gasteiger partial charge in [-0.2, -0.15) is 0 Å². The molecule has 0 amide bonds. The third-order valence-electron chi connectivity index (χ3n) is 6.52. The molecule has 0 radical (unpaired) electrons. The number of phenols is 3. The Morgan fingerprint density at radius 1 is 0.571 bits per heavy atom. The van der Waals surface area contributed by atoms with E-state index in [1.807, 2.05) is 82.8 Å². The first-order chi connectivity index (χ1) is 16.6. The van der Waals surface area contributed by atoms with Gasteiger partial charge in [0.1, 0.15) is 28.7 Å². The lowest BCUT2D eigenvalue weighted by Gasteiger charge is -2.29. The van der Waals surface area contributed by atoms with Gasteiger partial charge in [0, 0.05) is 23.9 Å². The second-order valence-corrected chi connectivity index (χ2v) is 9.12. The second kappa shape index (κ2) is 9.26. The minimum Gasteiger partial charge on any atom is -0.508 e. The van der Waals surface area contributed by atoms with Crippen molar-refractivity contribution in [2.45, 2.75) is 41.5 Å². The standard InChI is InChI=1S/C30H31NO4/c1-17-12-19(3)28(33)15-25(17)31(26-16-29(34)20(4)13-18(26)2)23-8-7-9-24(14-23)35-30-11-10-27(32)21(5)22(30)6/h7-16,32-34H,1-6H3. The third-order valence-corrected chi connectivity index (χ3v) is 6.52. The van der Waals surface area contributed by atoms with E-state index in [2.05, 4.69) is 0 Å². The van der Waals surface area contributed by atoms with Crippen molar-refractivity contribution in [2.75, 3.05) is 4.90 Å². The topological polar surface area (TPSA) is 73.2 Å². The molecule has 0 aliphatic heterocycles. The Morgan fingerprint density at radius 2 is 1.14 bits per heavy atom. The molecule has 0 unspecified atom stereocenters. The zero-order valence-corrected chi connectivity index (χ0v) is 21.0. The zero-order chi connectivity index (χ0) is 25.4. The molecule has 0 aliphatic carbocycles. The van der Waals surface area contributed by atoms with Gasteiger partial charge in [0.25, 0.3) is 0 Å². The highest BCUT2D eigenvalue weighted by atomic mass is 16.5. The molecule has 0 fully saturated rings. The van der Waals surface area contributed by atoms with E-state index in [0.29, 0.717) is 11.5 Å². The molecule has 0 aliphatic rings. The van der Waals surface area contributed by atoms with E-state index in [0.717, 1.165) is 50.4 Å². The molecule has 5 nitrogen and oxygen atoms in total. The number of rotatable bonds is 5. The van der Waals surface area contributed by atoms with E-state index in [-0.39, 0.29) is 17.2 Å². The lowest BCUT2D eigenvalue weighted by Crippen LogP contribution is -2.13. The van der Waals surface area contributed by atoms with Crippen molar-refractivity contribution in [3.63, 3.8) is 0 Å². The van der Waals surface area contributed by atoms with Gasteiger partial charge in [0.2, 0.25) is 0 Å². The first kappa shape index (κ1) is 24.0. The number of nitrogens with zero attached hydrogens (tertiary/aromatic N) is 1. The van der Waals surface area contributed by atoms with Gasteiger partial charge in [-0.25, -0.2) is 0 Å². The van der Waals surface area contributed by atoms with Crippen LogP contribution in [0.2, 0.25) is 0 Å². The van der Waals surface area contributed by atoms with Crippen LogP contribution in [0.4, 0.5) is 17.1 Å². The summed E-state index contributed by atoms with van der Waals surface area (Å²) in [5.41, 5.74) is 7.61. The Morgan fingerprint density at radius 3 is 1.71 bits per heavy atom. The monoisotopic (exact) mass is 469 g/mol. The van der Waals surface area contributed by atoms with Crippen molar-refractivity contribution < 1.29 is 20.1 Å². The molecule has 4 rings (SSSR count). The molecule has 0 atom stereocenters. The predicted octanol–water partition coefficient (Wildman–Crippen LogP) is 7.92. The van der Waals surface area contributed by atoms with E-state index in [4.69, 9.17) is 4.74 Å². The second-order valence-electron chi connectivity index (χ2n) is 9.12. The molecular formula is C30H31NO4. The Kier molecular flexibility index (Phi) is 6.35. The van der Waals surface area contributed by atoms with Crippen LogP contribution in [0.15, 0.2) is 60.7 Å². The number of anilines is 3. The predicted molar refractivity (Wildman–Crippen MR) is 141 cm³/mol. The van der Waals surface area contributed by atoms with Crippen LogP contribution in [0.3, 0.4) is 0 Å². The lowest BCUT2D eigenvalue weighted by atomic mass is 10.0. The first-order valence-electron chi connectivity index (χ1n) is 11.5. The van der Waals surface area contributed by atoms with E-state index in [1.54, 1.807) is 24.3 Å². The highest BCUT2D eigenvalue weighted by molar-refractivity contribution is 5.82. The van der Waals surface area contributed by atoms with Gasteiger partial charge in [-0.1, -0.05) is 18.2 Å². The van der Waals surface area contributed by atoms with Crippen LogP contribution in [0, 0.1) is 41.5 Å². The van der Waals surface area contributed by atoms with Gasteiger partial charge in [0.05, 0.1) is 11.4 Å². The highest BCUT2D eigenvalue weighted by Crippen LogP contribution is 2.43. The fraction of sp³-hybridized carbons (Fsp3) is 0.200. The van der Waals surface area contributed by atoms with Gasteiger partial charge >= 0.3 is 0 Å². The first-order valence-corrected chi connectivity index (χ1v) is 11.5. The van der Waals surface area contributed by atoms with E-state index in [9.17, 15) is 15.3 Å². The molecule has 0 saturated heterocycles. The summed E-state index contributed by atoms with van der Waals surface area (Å²) in [7, 11) is 0. The molecule has 0 saturated carbocycles. The fourth-order valence-corrected chi connectivity index (χ4v) is 4.25. The Balaban J connectivity index is 1.88. The summed E-state index contributed by atoms with van der Waals surface area (Å²) in [6.45, 7) is 11.5. The maximum absolute atomic E-state index is 10.5. The summed E-state index contributed by atoms with van der Waals surface area (Å²) < 4.78 is 6.22. The number of aryl methyl sites for hydroxylation is 4. The summed E-state index contributed by atoms with van der Waals surface area (Å²) in [5, 5.41) is 31.1. The zero-order valence-electron chi connectivity index (χ0n) is 21.0. The number of ether oxygens (including phenoxy) is 1. The van der Waals surface area contributed by atoms with E-state index in [1.165, 1.54) is 0 Å². The van der Waals surface area contributed by atoms with Crippen LogP contribution >= 0.6 is 0 Å². The Bertz CT molecular complexity index is 1370. The molecule has 0 bridgehead atoms. The number of benzene rings is 4. The van der Waals surface area contributed by atoms with Gasteiger partial charge in [-0.05, 0) is 99.2 Å². The minimum absolute atomic E-state index is 0.201. The minimum atomic E-state index is 0.201. The van der Waals surface area contributed by atoms with Crippen molar-refractivity contribution in [3.05, 3.63) is 94.0 Å². The average Bonchev–Trinajstić information content (AvgIpc) is 2.81. The van der Waals surface area contributed by atoms with Crippen molar-refractivity contribution in [3.8, 4) is 28.7 Å². The summed E-state index contributed by atoms with van der Waals surface area (Å²) in [5.74, 6) is 1.93. The number of phenolic OH excluding ortho intramolecular Hbond substituents is 3. The van der Waals surface area contributed by atoms with Crippen LogP contribution in [0.5, 0.6) is 28.7 Å². The normalized spacial score (nSPS) is 10.9. The quantitative estimate of drug-likeness (QED) is 0.277. The van der Waals surface area contributed by atoms with Crippen LogP contribution in [0.25, 0.3) is 0 Å². The molecular weight excluding hydrogens is 438 g/mol. The van der Waals surface area contributed by atoms with Gasteiger partial charge < -0.3 is 25.0 Å². The van der Waals surface area contributed by atoms with Crippen LogP contribution < -0.4 is 9.64 Å². The third kappa shape index (κ3) is 4.62. The largest absolute Gasteiger partial charge is 0.508 e. The van der Waals surface area contributed by atoms with Crippen LogP contribution in [-0.4, -0.2) is 15.3 Å². The molecule has 4 aromatic carbocycles. The number of hydrogen-bond acceptors (Lipinski definition) is 5. The van der Waals surface area contributed by atoms with E-state index < -0.39 is 0 Å². The summed E-state index contributed by atoms with van der Waals surface area (Å²) in [6, 6.07) is 18.5. The fourth-order valence-electron chi connectivity index (χ4n) is 4.25. The molecule has 35 heavy (non-hydrogen) atoms. The van der Waals surface area contributed by atoms with Crippen molar-refractivity contribution in [1.29, 1.82) is 0 Å². The maximum atomic E-state index is 10.5. The average molecular weight is 470 g/mol. The molecule has 4 aromatic rings. The van der Waals surface area contributed by atoms with Crippen LogP contribution in [-0.2, 0) is 0 Å². The SMILES string of the molecule is Cc1cc(C)c(N(c2cccc(Oc3ccc(O)c(C)c3C)c2)c2cc(O)c(C)cc2C)cc1O. The van der Waals surface area contributed by atoms with Crippen molar-refractivity contribution >= 4 is 17.1 Å². The Hall–Kier alpha value is -4.12. The molecule has 0 heterocycles. The molecule has 180 valence electrons. The highest BCUT2D eigenvalue weighted by Gasteiger charge is 2.20. The molecule has 3 N–H and O–H groups in total. The smallest absolute Gasteiger partial charge is 0.130 e. The maximum Gasteiger partial charge on any atom is 0.130 e. The van der Waals surface area contributed by atoms with Gasteiger partial charge in [0.15, 0.2) is 0 Å². The number of hydrogen-bond donors (Lipinski definition) is 3.